The summed E-state index contributed by atoms with van der Waals surface area (Å²) < 4.78 is 0. The smallest absolute Gasteiger partial charge is 0.288 e. The van der Waals surface area contributed by atoms with Crippen LogP contribution in [0.1, 0.15) is 26.3 Å². The predicted octanol–water partition coefficient (Wildman–Crippen LogP) is 1.87. The average Bonchev–Trinajstić information content (AvgIpc) is 2.47. The van der Waals surface area contributed by atoms with Gasteiger partial charge in [-0.2, -0.15) is 0 Å². The van der Waals surface area contributed by atoms with Crippen molar-refractivity contribution < 1.29 is 14.5 Å². The van der Waals surface area contributed by atoms with Gasteiger partial charge in [-0.05, 0) is 25.1 Å². The fraction of sp³-hybridized carbons (Fsp3) is 0.0714. The summed E-state index contributed by atoms with van der Waals surface area (Å²) in [5, 5.41) is 12.9. The Morgan fingerprint density at radius 1 is 1.14 bits per heavy atom. The van der Waals surface area contributed by atoms with Crippen molar-refractivity contribution in [1.82, 2.24) is 10.3 Å². The largest absolute Gasteiger partial charge is 0.300 e. The van der Waals surface area contributed by atoms with Crippen LogP contribution in [0, 0.1) is 17.0 Å². The number of amides is 2. The summed E-state index contributed by atoms with van der Waals surface area (Å²) in [6, 6.07) is 7.79. The van der Waals surface area contributed by atoms with Crippen LogP contribution in [0.4, 0.5) is 5.69 Å². The van der Waals surface area contributed by atoms with Gasteiger partial charge in [-0.1, -0.05) is 17.7 Å². The third-order valence-corrected chi connectivity index (χ3v) is 2.78. The van der Waals surface area contributed by atoms with Crippen molar-refractivity contribution >= 4 is 17.5 Å². The topological polar surface area (TPSA) is 102 Å². The van der Waals surface area contributed by atoms with Crippen molar-refractivity contribution in [2.45, 2.75) is 6.92 Å². The molecule has 1 N–H and O–H groups in total. The summed E-state index contributed by atoms with van der Waals surface area (Å²) in [6.45, 7) is 1.87. The number of nitrogens with zero attached hydrogens (tertiary/aromatic N) is 2. The normalized spacial score (nSPS) is 9.95. The van der Waals surface area contributed by atoms with Crippen LogP contribution in [-0.2, 0) is 0 Å². The van der Waals surface area contributed by atoms with E-state index in [0.29, 0.717) is 5.56 Å². The van der Waals surface area contributed by atoms with Crippen molar-refractivity contribution in [3.8, 4) is 0 Å². The molecule has 7 heteroatoms. The summed E-state index contributed by atoms with van der Waals surface area (Å²) in [4.78, 5) is 37.5. The molecule has 21 heavy (non-hydrogen) atoms. The Bertz CT molecular complexity index is 710. The molecule has 0 fully saturated rings. The molecule has 2 amide bonds. The highest BCUT2D eigenvalue weighted by Gasteiger charge is 2.21. The summed E-state index contributed by atoms with van der Waals surface area (Å²) >= 11 is 0. The molecule has 7 nitrogen and oxygen atoms in total. The first-order chi connectivity index (χ1) is 9.99. The highest BCUT2D eigenvalue weighted by Crippen LogP contribution is 2.16. The highest BCUT2D eigenvalue weighted by molar-refractivity contribution is 6.11. The Morgan fingerprint density at radius 3 is 2.43 bits per heavy atom. The quantitative estimate of drug-likeness (QED) is 0.527. The number of imide groups is 1. The van der Waals surface area contributed by atoms with Crippen molar-refractivity contribution in [3.05, 3.63) is 69.5 Å². The zero-order valence-electron chi connectivity index (χ0n) is 11.1. The second kappa shape index (κ2) is 5.91. The number of aromatic nitrogens is 1. The molecule has 1 aromatic heterocycles. The second-order valence-electron chi connectivity index (χ2n) is 4.30. The number of hydrogen-bond acceptors (Lipinski definition) is 5. The number of aryl methyl sites for hydroxylation is 1. The number of nitrogens with one attached hydrogen (secondary N) is 1. The van der Waals surface area contributed by atoms with E-state index in [1.54, 1.807) is 24.3 Å². The van der Waals surface area contributed by atoms with E-state index in [2.05, 4.69) is 10.3 Å². The van der Waals surface area contributed by atoms with Crippen LogP contribution in [0.25, 0.3) is 0 Å². The number of benzene rings is 1. The third-order valence-electron chi connectivity index (χ3n) is 2.78. The molecule has 0 aliphatic carbocycles. The number of nitro groups is 1. The molecular weight excluding hydrogens is 274 g/mol. The Balaban J connectivity index is 2.20. The minimum Gasteiger partial charge on any atom is -0.288 e. The molecule has 0 unspecified atom stereocenters. The van der Waals surface area contributed by atoms with Crippen molar-refractivity contribution in [1.29, 1.82) is 0 Å². The van der Waals surface area contributed by atoms with Crippen LogP contribution in [0.5, 0.6) is 0 Å². The zero-order valence-corrected chi connectivity index (χ0v) is 11.1. The predicted molar refractivity (Wildman–Crippen MR) is 73.9 cm³/mol. The van der Waals surface area contributed by atoms with Crippen molar-refractivity contribution in [2.75, 3.05) is 0 Å². The van der Waals surface area contributed by atoms with E-state index in [9.17, 15) is 19.7 Å². The van der Waals surface area contributed by atoms with Gasteiger partial charge >= 0.3 is 0 Å². The molecule has 1 heterocycles. The Labute approximate surface area is 119 Å². The van der Waals surface area contributed by atoms with E-state index >= 15 is 0 Å². The third kappa shape index (κ3) is 3.27. The van der Waals surface area contributed by atoms with Gasteiger partial charge in [0.2, 0.25) is 0 Å². The Kier molecular flexibility index (Phi) is 4.03. The molecule has 1 aromatic carbocycles. The molecule has 0 bridgehead atoms. The molecule has 0 saturated heterocycles. The fourth-order valence-corrected chi connectivity index (χ4v) is 1.67. The van der Waals surface area contributed by atoms with Gasteiger partial charge in [0, 0.05) is 11.8 Å². The molecule has 0 saturated carbocycles. The van der Waals surface area contributed by atoms with E-state index < -0.39 is 22.4 Å². The summed E-state index contributed by atoms with van der Waals surface area (Å²) in [5.74, 6) is -1.46. The molecule has 0 atom stereocenters. The SMILES string of the molecule is Cc1ccc(C(=O)NC(=O)c2ccncc2[N+](=O)[O-])cc1. The summed E-state index contributed by atoms with van der Waals surface area (Å²) in [6.07, 6.45) is 2.21. The molecule has 0 aliphatic heterocycles. The van der Waals surface area contributed by atoms with Gasteiger partial charge in [0.05, 0.1) is 4.92 Å². The molecular formula is C14H11N3O4. The maximum atomic E-state index is 12.0. The van der Waals surface area contributed by atoms with Gasteiger partial charge in [0.25, 0.3) is 17.5 Å². The summed E-state index contributed by atoms with van der Waals surface area (Å²) in [7, 11) is 0. The lowest BCUT2D eigenvalue weighted by atomic mass is 10.1. The highest BCUT2D eigenvalue weighted by atomic mass is 16.6. The number of pyridine rings is 1. The minimum atomic E-state index is -0.838. The maximum absolute atomic E-state index is 12.0. The van der Waals surface area contributed by atoms with Crippen LogP contribution in [0.3, 0.4) is 0 Å². The van der Waals surface area contributed by atoms with E-state index in [1.165, 1.54) is 12.3 Å². The van der Waals surface area contributed by atoms with Gasteiger partial charge in [-0.25, -0.2) is 0 Å². The van der Waals surface area contributed by atoms with Gasteiger partial charge < -0.3 is 0 Å². The molecule has 106 valence electrons. The molecule has 2 aromatic rings. The van der Waals surface area contributed by atoms with Crippen LogP contribution in [0.2, 0.25) is 0 Å². The van der Waals surface area contributed by atoms with Crippen LogP contribution in [-0.4, -0.2) is 21.7 Å². The van der Waals surface area contributed by atoms with Gasteiger partial charge in [0.1, 0.15) is 11.8 Å². The number of rotatable bonds is 3. The molecule has 0 aliphatic rings. The lowest BCUT2D eigenvalue weighted by Crippen LogP contribution is -2.30. The monoisotopic (exact) mass is 285 g/mol. The second-order valence-corrected chi connectivity index (χ2v) is 4.30. The lowest BCUT2D eigenvalue weighted by Gasteiger charge is -2.05. The van der Waals surface area contributed by atoms with E-state index in [0.717, 1.165) is 11.8 Å². The van der Waals surface area contributed by atoms with Crippen LogP contribution < -0.4 is 5.32 Å². The van der Waals surface area contributed by atoms with Crippen molar-refractivity contribution in [2.24, 2.45) is 0 Å². The lowest BCUT2D eigenvalue weighted by molar-refractivity contribution is -0.385. The molecule has 2 rings (SSSR count). The summed E-state index contributed by atoms with van der Waals surface area (Å²) in [5.41, 5.74) is 0.607. The first-order valence-electron chi connectivity index (χ1n) is 6.00. The van der Waals surface area contributed by atoms with Crippen LogP contribution in [0.15, 0.2) is 42.7 Å². The maximum Gasteiger partial charge on any atom is 0.300 e. The number of hydrogen-bond donors (Lipinski definition) is 1. The van der Waals surface area contributed by atoms with Crippen LogP contribution >= 0.6 is 0 Å². The Hall–Kier alpha value is -3.09. The minimum absolute atomic E-state index is 0.213. The molecule has 0 spiro atoms. The van der Waals surface area contributed by atoms with E-state index in [1.807, 2.05) is 6.92 Å². The van der Waals surface area contributed by atoms with Crippen molar-refractivity contribution in [3.63, 3.8) is 0 Å². The van der Waals surface area contributed by atoms with E-state index in [4.69, 9.17) is 0 Å². The first kappa shape index (κ1) is 14.3. The van der Waals surface area contributed by atoms with Gasteiger partial charge in [0.15, 0.2) is 0 Å². The standard InChI is InChI=1S/C14H11N3O4/c1-9-2-4-10(5-3-9)13(18)16-14(19)11-6-7-15-8-12(11)17(20)21/h2-8H,1H3,(H,16,18,19). The molecule has 0 radical (unpaired) electrons. The fourth-order valence-electron chi connectivity index (χ4n) is 1.67. The average molecular weight is 285 g/mol. The number of carbonyl (C=O) groups excluding carboxylic acids is 2. The first-order valence-corrected chi connectivity index (χ1v) is 6.00. The van der Waals surface area contributed by atoms with Gasteiger partial charge in [-0.15, -0.1) is 0 Å². The zero-order chi connectivity index (χ0) is 15.4. The number of carbonyl (C=O) groups is 2. The van der Waals surface area contributed by atoms with Gasteiger partial charge in [-0.3, -0.25) is 30.0 Å². The van der Waals surface area contributed by atoms with E-state index in [-0.39, 0.29) is 5.56 Å². The Morgan fingerprint density at radius 2 is 1.81 bits per heavy atom.